The molecule has 0 amide bonds. The van der Waals surface area contributed by atoms with Crippen LogP contribution in [0.4, 0.5) is 0 Å². The van der Waals surface area contributed by atoms with Crippen molar-refractivity contribution < 1.29 is 0 Å². The maximum absolute atomic E-state index is 3.58. The smallest absolute Gasteiger partial charge is 0.0216 e. The Bertz CT molecular complexity index is 408. The molecule has 1 aliphatic carbocycles. The minimum atomic E-state index is 0.717. The Kier molecular flexibility index (Phi) is 6.44. The Hall–Kier alpha value is -0.470. The maximum atomic E-state index is 3.58. The molecule has 1 nitrogen and oxygen atoms in total. The van der Waals surface area contributed by atoms with Crippen molar-refractivity contribution in [2.24, 2.45) is 11.8 Å². The van der Waals surface area contributed by atoms with Crippen LogP contribution in [0.5, 0.6) is 0 Å². The van der Waals surface area contributed by atoms with Crippen LogP contribution in [0.15, 0.2) is 23.1 Å². The van der Waals surface area contributed by atoms with Gasteiger partial charge in [0.25, 0.3) is 0 Å². The molecule has 1 N–H and O–H groups in total. The summed E-state index contributed by atoms with van der Waals surface area (Å²) in [6.45, 7) is 8.82. The van der Waals surface area contributed by atoms with Crippen molar-refractivity contribution in [1.82, 2.24) is 5.32 Å². The van der Waals surface area contributed by atoms with E-state index >= 15 is 0 Å². The summed E-state index contributed by atoms with van der Waals surface area (Å²) in [5.74, 6) is 2.98. The third-order valence-corrected chi connectivity index (χ3v) is 5.38. The van der Waals surface area contributed by atoms with Crippen LogP contribution in [-0.2, 0) is 6.54 Å². The highest BCUT2D eigenvalue weighted by Crippen LogP contribution is 2.32. The van der Waals surface area contributed by atoms with Gasteiger partial charge in [0.2, 0.25) is 0 Å². The Morgan fingerprint density at radius 3 is 2.70 bits per heavy atom. The first kappa shape index (κ1) is 15.9. The van der Waals surface area contributed by atoms with Gasteiger partial charge in [-0.3, -0.25) is 0 Å². The van der Waals surface area contributed by atoms with Crippen LogP contribution in [-0.4, -0.2) is 12.3 Å². The van der Waals surface area contributed by atoms with Gasteiger partial charge in [0.05, 0.1) is 0 Å². The molecule has 0 heterocycles. The zero-order valence-electron chi connectivity index (χ0n) is 13.2. The summed E-state index contributed by atoms with van der Waals surface area (Å²) >= 11 is 2.07. The van der Waals surface area contributed by atoms with Crippen molar-refractivity contribution in [1.29, 1.82) is 0 Å². The maximum Gasteiger partial charge on any atom is 0.0216 e. The first-order valence-electron chi connectivity index (χ1n) is 8.08. The quantitative estimate of drug-likeness (QED) is 0.708. The topological polar surface area (TPSA) is 12.0 Å². The van der Waals surface area contributed by atoms with Gasteiger partial charge in [-0.1, -0.05) is 44.4 Å². The minimum Gasteiger partial charge on any atom is -0.312 e. The van der Waals surface area contributed by atoms with Crippen LogP contribution in [0.3, 0.4) is 0 Å². The molecule has 112 valence electrons. The zero-order chi connectivity index (χ0) is 14.4. The molecule has 1 aromatic carbocycles. The second-order valence-corrected chi connectivity index (χ2v) is 7.66. The third kappa shape index (κ3) is 5.14. The molecule has 2 heteroatoms. The summed E-state index contributed by atoms with van der Waals surface area (Å²) in [7, 11) is 0. The number of benzene rings is 1. The van der Waals surface area contributed by atoms with Crippen LogP contribution in [0.2, 0.25) is 0 Å². The van der Waals surface area contributed by atoms with Gasteiger partial charge >= 0.3 is 0 Å². The van der Waals surface area contributed by atoms with Gasteiger partial charge in [-0.2, -0.15) is 0 Å². The first-order chi connectivity index (χ1) is 9.65. The molecule has 0 aromatic heterocycles. The van der Waals surface area contributed by atoms with Crippen molar-refractivity contribution in [3.8, 4) is 0 Å². The molecule has 0 saturated heterocycles. The molecule has 1 saturated carbocycles. The molecular weight excluding hydrogens is 262 g/mol. The SMILES string of the molecule is Cc1ccc(SCC2CCCC2)c(CNCC(C)C)c1. The number of nitrogens with one attached hydrogen (secondary N) is 1. The van der Waals surface area contributed by atoms with Gasteiger partial charge in [0, 0.05) is 17.2 Å². The number of hydrogen-bond acceptors (Lipinski definition) is 2. The summed E-state index contributed by atoms with van der Waals surface area (Å²) < 4.78 is 0. The Balaban J connectivity index is 1.91. The predicted octanol–water partition coefficient (Wildman–Crippen LogP) is 5.02. The second kappa shape index (κ2) is 8.09. The number of rotatable bonds is 7. The lowest BCUT2D eigenvalue weighted by Gasteiger charge is -2.14. The average molecular weight is 292 g/mol. The largest absolute Gasteiger partial charge is 0.312 e. The monoisotopic (exact) mass is 291 g/mol. The molecule has 1 aromatic rings. The summed E-state index contributed by atoms with van der Waals surface area (Å²) in [5, 5.41) is 3.58. The molecule has 0 spiro atoms. The van der Waals surface area contributed by atoms with E-state index in [1.165, 1.54) is 47.5 Å². The second-order valence-electron chi connectivity index (χ2n) is 6.60. The molecule has 0 atom stereocenters. The van der Waals surface area contributed by atoms with Crippen LogP contribution in [0.25, 0.3) is 0 Å². The summed E-state index contributed by atoms with van der Waals surface area (Å²) in [6, 6.07) is 6.93. The number of thioether (sulfide) groups is 1. The fourth-order valence-corrected chi connectivity index (χ4v) is 4.10. The van der Waals surface area contributed by atoms with E-state index in [-0.39, 0.29) is 0 Å². The van der Waals surface area contributed by atoms with Crippen LogP contribution < -0.4 is 5.32 Å². The molecular formula is C18H29NS. The van der Waals surface area contributed by atoms with Gasteiger partial charge < -0.3 is 5.32 Å². The van der Waals surface area contributed by atoms with Crippen molar-refractivity contribution in [2.45, 2.75) is 57.9 Å². The normalized spacial score (nSPS) is 16.2. The molecule has 20 heavy (non-hydrogen) atoms. The van der Waals surface area contributed by atoms with E-state index in [1.54, 1.807) is 0 Å². The summed E-state index contributed by atoms with van der Waals surface area (Å²) in [5.41, 5.74) is 2.85. The molecule has 0 bridgehead atoms. The van der Waals surface area contributed by atoms with Gasteiger partial charge in [-0.15, -0.1) is 11.8 Å². The average Bonchev–Trinajstić information content (AvgIpc) is 2.90. The first-order valence-corrected chi connectivity index (χ1v) is 9.06. The Morgan fingerprint density at radius 1 is 1.25 bits per heavy atom. The predicted molar refractivity (Wildman–Crippen MR) is 90.4 cm³/mol. The van der Waals surface area contributed by atoms with Crippen LogP contribution in [0.1, 0.15) is 50.7 Å². The lowest BCUT2D eigenvalue weighted by Crippen LogP contribution is -2.19. The van der Waals surface area contributed by atoms with Gasteiger partial charge in [0.15, 0.2) is 0 Å². The highest BCUT2D eigenvalue weighted by molar-refractivity contribution is 7.99. The Labute approximate surface area is 128 Å². The standard InChI is InChI=1S/C18H29NS/c1-14(2)11-19-12-17-10-15(3)8-9-18(17)20-13-16-6-4-5-7-16/h8-10,14,16,19H,4-7,11-13H2,1-3H3. The van der Waals surface area contributed by atoms with Crippen LogP contribution >= 0.6 is 11.8 Å². The van der Waals surface area contributed by atoms with E-state index < -0.39 is 0 Å². The number of aryl methyl sites for hydroxylation is 1. The van der Waals surface area contributed by atoms with E-state index in [9.17, 15) is 0 Å². The molecule has 0 radical (unpaired) electrons. The molecule has 1 fully saturated rings. The lowest BCUT2D eigenvalue weighted by atomic mass is 10.1. The Morgan fingerprint density at radius 2 is 2.00 bits per heavy atom. The molecule has 0 unspecified atom stereocenters. The van der Waals surface area contributed by atoms with Crippen LogP contribution in [0, 0.1) is 18.8 Å². The molecule has 0 aliphatic heterocycles. The summed E-state index contributed by atoms with van der Waals surface area (Å²) in [6.07, 6.45) is 5.78. The van der Waals surface area contributed by atoms with Gasteiger partial charge in [-0.05, 0) is 49.8 Å². The summed E-state index contributed by atoms with van der Waals surface area (Å²) in [4.78, 5) is 1.48. The fourth-order valence-electron chi connectivity index (χ4n) is 2.87. The van der Waals surface area contributed by atoms with Crippen molar-refractivity contribution in [3.05, 3.63) is 29.3 Å². The van der Waals surface area contributed by atoms with Gasteiger partial charge in [0.1, 0.15) is 0 Å². The van der Waals surface area contributed by atoms with E-state index in [2.05, 4.69) is 56.0 Å². The van der Waals surface area contributed by atoms with Gasteiger partial charge in [-0.25, -0.2) is 0 Å². The highest BCUT2D eigenvalue weighted by atomic mass is 32.2. The van der Waals surface area contributed by atoms with E-state index in [0.29, 0.717) is 0 Å². The highest BCUT2D eigenvalue weighted by Gasteiger charge is 2.15. The van der Waals surface area contributed by atoms with E-state index in [1.807, 2.05) is 0 Å². The van der Waals surface area contributed by atoms with E-state index in [0.717, 1.165) is 24.9 Å². The van der Waals surface area contributed by atoms with Crippen molar-refractivity contribution >= 4 is 11.8 Å². The van der Waals surface area contributed by atoms with E-state index in [4.69, 9.17) is 0 Å². The molecule has 1 aliphatic rings. The fraction of sp³-hybridized carbons (Fsp3) is 0.667. The third-order valence-electron chi connectivity index (χ3n) is 4.03. The number of hydrogen-bond donors (Lipinski definition) is 1. The molecule has 2 rings (SSSR count). The van der Waals surface area contributed by atoms with Crippen molar-refractivity contribution in [2.75, 3.05) is 12.3 Å². The minimum absolute atomic E-state index is 0.717. The lowest BCUT2D eigenvalue weighted by molar-refractivity contribution is 0.550. The van der Waals surface area contributed by atoms with Crippen molar-refractivity contribution in [3.63, 3.8) is 0 Å². The zero-order valence-corrected chi connectivity index (χ0v) is 14.1.